The number of likely N-dealkylation sites (tertiary alicyclic amines) is 1. The Morgan fingerprint density at radius 3 is 2.60 bits per heavy atom. The summed E-state index contributed by atoms with van der Waals surface area (Å²) in [4.78, 5) is 36.5. The maximum atomic E-state index is 14.2. The Morgan fingerprint density at radius 1 is 1.18 bits per heavy atom. The lowest BCUT2D eigenvalue weighted by atomic mass is 9.91. The molecule has 1 aliphatic heterocycles. The third kappa shape index (κ3) is 6.27. The van der Waals surface area contributed by atoms with Crippen LogP contribution in [-0.2, 0) is 10.3 Å². The Hall–Kier alpha value is -3.93. The van der Waals surface area contributed by atoms with E-state index in [4.69, 9.17) is 9.26 Å². The minimum atomic E-state index is -0.819. The van der Waals surface area contributed by atoms with Crippen molar-refractivity contribution in [2.24, 2.45) is 5.92 Å². The van der Waals surface area contributed by atoms with E-state index in [0.29, 0.717) is 26.1 Å². The van der Waals surface area contributed by atoms with E-state index in [1.54, 1.807) is 23.4 Å². The van der Waals surface area contributed by atoms with E-state index in [2.05, 4.69) is 25.8 Å². The van der Waals surface area contributed by atoms with Crippen LogP contribution in [0.2, 0.25) is 0 Å². The van der Waals surface area contributed by atoms with E-state index in [-0.39, 0.29) is 34.5 Å². The van der Waals surface area contributed by atoms with Crippen LogP contribution in [-0.4, -0.2) is 63.3 Å². The standard InChI is InChI=1S/C28H32F2N6O4/c1-27(2,3)39-26(38)36-12-7-21(17(16-36)15-33-28(8-9-28)25-31-10-4-11-32-25)34-24(37)22-14-23(40-35-22)19-6-5-18(29)13-20(19)30/h4-6,10-11,13-14,17,21,33H,7-9,12,15-16H2,1-3H3,(H,34,37)/t17-,21-/m0/s1. The molecule has 0 bridgehead atoms. The highest BCUT2D eigenvalue weighted by molar-refractivity contribution is 5.93. The van der Waals surface area contributed by atoms with Gasteiger partial charge in [-0.05, 0) is 58.2 Å². The molecule has 212 valence electrons. The number of carbonyl (C=O) groups excluding carboxylic acids is 2. The van der Waals surface area contributed by atoms with Crippen molar-refractivity contribution in [3.05, 3.63) is 65.9 Å². The number of halogens is 2. The molecule has 2 fully saturated rings. The van der Waals surface area contributed by atoms with Crippen LogP contribution in [0, 0.1) is 17.6 Å². The molecule has 1 aromatic carbocycles. The molecule has 2 amide bonds. The molecule has 0 radical (unpaired) electrons. The summed E-state index contributed by atoms with van der Waals surface area (Å²) in [6.45, 7) is 6.71. The van der Waals surface area contributed by atoms with Crippen molar-refractivity contribution >= 4 is 12.0 Å². The molecule has 2 aromatic heterocycles. The Kier molecular flexibility index (Phi) is 7.54. The van der Waals surface area contributed by atoms with Crippen molar-refractivity contribution in [2.45, 2.75) is 57.2 Å². The zero-order valence-electron chi connectivity index (χ0n) is 22.6. The lowest BCUT2D eigenvalue weighted by Gasteiger charge is -2.39. The fourth-order valence-corrected chi connectivity index (χ4v) is 4.84. The molecule has 0 unspecified atom stereocenters. The lowest BCUT2D eigenvalue weighted by molar-refractivity contribution is 0.0132. The first-order valence-corrected chi connectivity index (χ1v) is 13.3. The summed E-state index contributed by atoms with van der Waals surface area (Å²) in [5.41, 5.74) is -0.993. The molecule has 12 heteroatoms. The van der Waals surface area contributed by atoms with Crippen LogP contribution >= 0.6 is 0 Å². The van der Waals surface area contributed by atoms with Crippen LogP contribution in [0.3, 0.4) is 0 Å². The van der Waals surface area contributed by atoms with Crippen molar-refractivity contribution in [1.82, 2.24) is 30.7 Å². The minimum absolute atomic E-state index is 0.00134. The minimum Gasteiger partial charge on any atom is -0.444 e. The molecule has 1 aliphatic carbocycles. The Labute approximate surface area is 230 Å². The van der Waals surface area contributed by atoms with Gasteiger partial charge in [-0.1, -0.05) is 5.16 Å². The second-order valence-electron chi connectivity index (χ2n) is 11.3. The number of hydrogen-bond donors (Lipinski definition) is 2. The first kappa shape index (κ1) is 27.6. The summed E-state index contributed by atoms with van der Waals surface area (Å²) in [6.07, 6.45) is 5.28. The molecule has 1 saturated carbocycles. The number of nitrogens with zero attached hydrogens (tertiary/aromatic N) is 4. The molecule has 5 rings (SSSR count). The van der Waals surface area contributed by atoms with Gasteiger partial charge >= 0.3 is 6.09 Å². The fraction of sp³-hybridized carbons (Fsp3) is 0.464. The highest BCUT2D eigenvalue weighted by Gasteiger charge is 2.47. The smallest absolute Gasteiger partial charge is 0.410 e. The number of rotatable bonds is 7. The van der Waals surface area contributed by atoms with Crippen LogP contribution in [0.1, 0.15) is 56.3 Å². The Morgan fingerprint density at radius 2 is 1.93 bits per heavy atom. The van der Waals surface area contributed by atoms with Gasteiger partial charge in [-0.15, -0.1) is 0 Å². The molecule has 3 heterocycles. The number of amides is 2. The highest BCUT2D eigenvalue weighted by Crippen LogP contribution is 2.43. The van der Waals surface area contributed by atoms with Crippen molar-refractivity contribution in [3.8, 4) is 11.3 Å². The number of aromatic nitrogens is 3. The Bertz CT molecular complexity index is 1370. The molecule has 2 aliphatic rings. The predicted octanol–water partition coefficient (Wildman–Crippen LogP) is 4.04. The molecule has 3 aromatic rings. The summed E-state index contributed by atoms with van der Waals surface area (Å²) in [7, 11) is 0. The van der Waals surface area contributed by atoms with Crippen molar-refractivity contribution in [3.63, 3.8) is 0 Å². The van der Waals surface area contributed by atoms with Gasteiger partial charge in [-0.2, -0.15) is 0 Å². The normalized spacial score (nSPS) is 20.2. The maximum absolute atomic E-state index is 14.2. The second-order valence-corrected chi connectivity index (χ2v) is 11.3. The fourth-order valence-electron chi connectivity index (χ4n) is 4.84. The van der Waals surface area contributed by atoms with Crippen LogP contribution in [0.15, 0.2) is 47.2 Å². The number of hydrogen-bond acceptors (Lipinski definition) is 8. The average molecular weight is 555 g/mol. The molecule has 0 spiro atoms. The van der Waals surface area contributed by atoms with Crippen LogP contribution in [0.4, 0.5) is 13.6 Å². The third-order valence-corrected chi connectivity index (χ3v) is 7.09. The van der Waals surface area contributed by atoms with E-state index < -0.39 is 29.2 Å². The van der Waals surface area contributed by atoms with Gasteiger partial charge in [0, 0.05) is 56.1 Å². The van der Waals surface area contributed by atoms with E-state index in [1.165, 1.54) is 12.1 Å². The summed E-state index contributed by atoms with van der Waals surface area (Å²) < 4.78 is 38.3. The molecule has 2 atom stereocenters. The first-order valence-electron chi connectivity index (χ1n) is 13.3. The average Bonchev–Trinajstić information content (AvgIpc) is 3.54. The third-order valence-electron chi connectivity index (χ3n) is 7.09. The topological polar surface area (TPSA) is 122 Å². The van der Waals surface area contributed by atoms with E-state index in [1.807, 2.05) is 20.8 Å². The van der Waals surface area contributed by atoms with E-state index in [9.17, 15) is 18.4 Å². The monoisotopic (exact) mass is 554 g/mol. The van der Waals surface area contributed by atoms with Crippen LogP contribution < -0.4 is 10.6 Å². The van der Waals surface area contributed by atoms with Gasteiger partial charge in [0.05, 0.1) is 11.1 Å². The summed E-state index contributed by atoms with van der Waals surface area (Å²) in [5.74, 6) is -1.46. The molecule has 10 nitrogen and oxygen atoms in total. The summed E-state index contributed by atoms with van der Waals surface area (Å²) in [6, 6.07) is 5.86. The number of nitrogens with one attached hydrogen (secondary N) is 2. The summed E-state index contributed by atoms with van der Waals surface area (Å²) in [5, 5.41) is 10.4. The van der Waals surface area contributed by atoms with Gasteiger partial charge in [0.15, 0.2) is 11.5 Å². The molecular weight excluding hydrogens is 522 g/mol. The number of carbonyl (C=O) groups is 2. The molecule has 40 heavy (non-hydrogen) atoms. The van der Waals surface area contributed by atoms with E-state index in [0.717, 1.165) is 30.8 Å². The number of piperidine rings is 1. The lowest BCUT2D eigenvalue weighted by Crippen LogP contribution is -2.56. The SMILES string of the molecule is CC(C)(C)OC(=O)N1CC[C@H](NC(=O)c2cc(-c3ccc(F)cc3F)on2)[C@@H](CNC2(c3ncccn3)CC2)C1. The van der Waals surface area contributed by atoms with Gasteiger partial charge in [0.25, 0.3) is 5.91 Å². The van der Waals surface area contributed by atoms with E-state index >= 15 is 0 Å². The van der Waals surface area contributed by atoms with Crippen molar-refractivity contribution in [1.29, 1.82) is 0 Å². The van der Waals surface area contributed by atoms with Gasteiger partial charge in [-0.25, -0.2) is 23.5 Å². The molecule has 1 saturated heterocycles. The first-order chi connectivity index (χ1) is 19.0. The Balaban J connectivity index is 1.30. The summed E-state index contributed by atoms with van der Waals surface area (Å²) >= 11 is 0. The van der Waals surface area contributed by atoms with Gasteiger partial charge in [0.2, 0.25) is 0 Å². The van der Waals surface area contributed by atoms with Crippen LogP contribution in [0.5, 0.6) is 0 Å². The van der Waals surface area contributed by atoms with Gasteiger partial charge in [-0.3, -0.25) is 4.79 Å². The largest absolute Gasteiger partial charge is 0.444 e. The van der Waals surface area contributed by atoms with Crippen molar-refractivity contribution in [2.75, 3.05) is 19.6 Å². The van der Waals surface area contributed by atoms with Crippen LogP contribution in [0.25, 0.3) is 11.3 Å². The predicted molar refractivity (Wildman–Crippen MR) is 140 cm³/mol. The highest BCUT2D eigenvalue weighted by atomic mass is 19.1. The molecule has 2 N–H and O–H groups in total. The number of benzene rings is 1. The van der Waals surface area contributed by atoms with Gasteiger partial charge < -0.3 is 24.8 Å². The van der Waals surface area contributed by atoms with Crippen molar-refractivity contribution < 1.29 is 27.6 Å². The zero-order chi connectivity index (χ0) is 28.5. The zero-order valence-corrected chi connectivity index (χ0v) is 22.6. The quantitative estimate of drug-likeness (QED) is 0.449. The molecular formula is C28H32F2N6O4. The maximum Gasteiger partial charge on any atom is 0.410 e. The number of ether oxygens (including phenoxy) is 1. The second kappa shape index (κ2) is 10.9. The van der Waals surface area contributed by atoms with Gasteiger partial charge in [0.1, 0.15) is 23.1 Å².